The van der Waals surface area contributed by atoms with Crippen LogP contribution in [0.5, 0.6) is 17.2 Å². The number of hydrogen-bond acceptors (Lipinski definition) is 7. The lowest BCUT2D eigenvalue weighted by molar-refractivity contribution is -0.145. The molecule has 1 fully saturated rings. The number of nitrogens with zero attached hydrogens (tertiary/aromatic N) is 1. The number of oxime groups is 1. The van der Waals surface area contributed by atoms with Crippen LogP contribution in [0.25, 0.3) is 0 Å². The third kappa shape index (κ3) is 6.14. The van der Waals surface area contributed by atoms with Gasteiger partial charge >= 0.3 is 5.97 Å². The molecule has 1 aliphatic rings. The molecule has 0 bridgehead atoms. The van der Waals surface area contributed by atoms with E-state index in [1.807, 2.05) is 72.8 Å². The highest BCUT2D eigenvalue weighted by Gasteiger charge is 2.42. The number of methoxy groups -OCH3 is 1. The van der Waals surface area contributed by atoms with Gasteiger partial charge in [0.25, 0.3) is 0 Å². The molecule has 36 heavy (non-hydrogen) atoms. The van der Waals surface area contributed by atoms with Gasteiger partial charge in [0.15, 0.2) is 0 Å². The fourth-order valence-electron chi connectivity index (χ4n) is 3.97. The van der Waals surface area contributed by atoms with E-state index in [1.165, 1.54) is 7.11 Å². The van der Waals surface area contributed by atoms with Crippen LogP contribution in [0.4, 0.5) is 0 Å². The summed E-state index contributed by atoms with van der Waals surface area (Å²) in [5.74, 6) is 1.35. The number of carbonyl (C=O) groups is 1. The van der Waals surface area contributed by atoms with Gasteiger partial charge in [0, 0.05) is 5.56 Å². The average molecular weight is 492 g/mol. The van der Waals surface area contributed by atoms with E-state index in [0.717, 1.165) is 22.4 Å². The first kappa shape index (κ1) is 25.1. The molecule has 0 spiro atoms. The summed E-state index contributed by atoms with van der Waals surface area (Å²) < 4.78 is 22.3. The molecule has 0 unspecified atom stereocenters. The number of benzene rings is 3. The van der Waals surface area contributed by atoms with E-state index in [1.54, 1.807) is 7.11 Å². The molecule has 3 aromatic rings. The van der Waals surface area contributed by atoms with Gasteiger partial charge < -0.3 is 28.9 Å². The Bertz CT molecular complexity index is 1170. The Balaban J connectivity index is 1.30. The molecule has 8 nitrogen and oxygen atoms in total. The van der Waals surface area contributed by atoms with Crippen LogP contribution < -0.4 is 14.2 Å². The monoisotopic (exact) mass is 491 g/mol. The molecule has 8 heteroatoms. The van der Waals surface area contributed by atoms with Crippen molar-refractivity contribution in [3.8, 4) is 17.2 Å². The van der Waals surface area contributed by atoms with Crippen LogP contribution in [0.1, 0.15) is 23.1 Å². The number of ether oxygens (including phenoxy) is 4. The molecule has 1 aliphatic heterocycles. The molecule has 0 amide bonds. The van der Waals surface area contributed by atoms with Crippen LogP contribution in [-0.2, 0) is 26.4 Å². The van der Waals surface area contributed by atoms with Gasteiger partial charge in [-0.3, -0.25) is 4.79 Å². The van der Waals surface area contributed by atoms with Crippen molar-refractivity contribution in [1.29, 1.82) is 0 Å². The Morgan fingerprint density at radius 1 is 0.889 bits per heavy atom. The Labute approximate surface area is 210 Å². The summed E-state index contributed by atoms with van der Waals surface area (Å²) >= 11 is 0. The molecule has 1 heterocycles. The lowest BCUT2D eigenvalue weighted by Gasteiger charge is -2.40. The van der Waals surface area contributed by atoms with Crippen molar-refractivity contribution in [2.45, 2.75) is 18.4 Å². The predicted molar refractivity (Wildman–Crippen MR) is 134 cm³/mol. The quantitative estimate of drug-likeness (QED) is 0.295. The Morgan fingerprint density at radius 2 is 1.50 bits per heavy atom. The summed E-state index contributed by atoms with van der Waals surface area (Å²) in [7, 11) is 3.12. The second-order valence-corrected chi connectivity index (χ2v) is 8.54. The zero-order valence-corrected chi connectivity index (χ0v) is 20.3. The van der Waals surface area contributed by atoms with Crippen molar-refractivity contribution < 1.29 is 33.7 Å². The maximum absolute atomic E-state index is 11.2. The van der Waals surface area contributed by atoms with Crippen LogP contribution in [0.3, 0.4) is 0 Å². The summed E-state index contributed by atoms with van der Waals surface area (Å²) in [6, 6.07) is 22.7. The van der Waals surface area contributed by atoms with Gasteiger partial charge in [0.1, 0.15) is 43.3 Å². The van der Waals surface area contributed by atoms with E-state index in [9.17, 15) is 9.90 Å². The third-order valence-electron chi connectivity index (χ3n) is 6.04. The van der Waals surface area contributed by atoms with Gasteiger partial charge in [-0.25, -0.2) is 0 Å². The normalized spacial score (nSPS) is 14.4. The van der Waals surface area contributed by atoms with Crippen LogP contribution >= 0.6 is 0 Å². The molecule has 188 valence electrons. The maximum atomic E-state index is 11.2. The van der Waals surface area contributed by atoms with Gasteiger partial charge in [-0.2, -0.15) is 0 Å². The third-order valence-corrected chi connectivity index (χ3v) is 6.04. The number of carboxylic acids is 1. The van der Waals surface area contributed by atoms with Crippen LogP contribution in [0, 0.1) is 0 Å². The van der Waals surface area contributed by atoms with Gasteiger partial charge in [0.05, 0.1) is 32.2 Å². The molecular formula is C28H29NO7. The molecule has 4 rings (SSSR count). The molecule has 1 saturated heterocycles. The molecule has 0 aromatic heterocycles. The van der Waals surface area contributed by atoms with E-state index >= 15 is 0 Å². The highest BCUT2D eigenvalue weighted by molar-refractivity contribution is 6.01. The van der Waals surface area contributed by atoms with Crippen LogP contribution in [0.15, 0.2) is 78.0 Å². The maximum Gasteiger partial charge on any atom is 0.304 e. The highest BCUT2D eigenvalue weighted by Crippen LogP contribution is 2.36. The Kier molecular flexibility index (Phi) is 8.07. The number of aliphatic carboxylic acids is 1. The Morgan fingerprint density at radius 3 is 2.06 bits per heavy atom. The number of hydrogen-bond donors (Lipinski definition) is 1. The molecule has 0 saturated carbocycles. The van der Waals surface area contributed by atoms with Crippen molar-refractivity contribution >= 4 is 11.7 Å². The summed E-state index contributed by atoms with van der Waals surface area (Å²) in [5.41, 5.74) is 3.04. The molecular weight excluding hydrogens is 462 g/mol. The van der Waals surface area contributed by atoms with E-state index < -0.39 is 11.4 Å². The van der Waals surface area contributed by atoms with Crippen molar-refractivity contribution in [2.24, 2.45) is 5.16 Å². The summed E-state index contributed by atoms with van der Waals surface area (Å²) in [6.45, 7) is 1.49. The lowest BCUT2D eigenvalue weighted by Crippen LogP contribution is -2.48. The van der Waals surface area contributed by atoms with E-state index in [0.29, 0.717) is 37.0 Å². The summed E-state index contributed by atoms with van der Waals surface area (Å²) in [4.78, 5) is 16.2. The zero-order valence-electron chi connectivity index (χ0n) is 20.3. The van der Waals surface area contributed by atoms with Gasteiger partial charge in [0.2, 0.25) is 0 Å². The van der Waals surface area contributed by atoms with Gasteiger partial charge in [-0.15, -0.1) is 0 Å². The fourth-order valence-corrected chi connectivity index (χ4v) is 3.97. The standard InChI is InChI=1S/C28H29NO7/c1-32-23-11-5-21(6-12-23)26(29-33-2)17-36-24-9-3-20(4-10-24)16-35-25-13-7-22(8-14-25)28(15-27(30)31)18-34-19-28/h3-14H,15-19H2,1-2H3,(H,30,31). The van der Waals surface area contributed by atoms with E-state index in [-0.39, 0.29) is 13.0 Å². The molecule has 1 N–H and O–H groups in total. The second kappa shape index (κ2) is 11.6. The smallest absolute Gasteiger partial charge is 0.304 e. The SMILES string of the molecule is CON=C(COc1ccc(COc2ccc(C3(CC(=O)O)COC3)cc2)cc1)c1ccc(OC)cc1. The minimum atomic E-state index is -0.825. The zero-order chi connectivity index (χ0) is 25.4. The largest absolute Gasteiger partial charge is 0.497 e. The second-order valence-electron chi connectivity index (χ2n) is 8.54. The predicted octanol–water partition coefficient (Wildman–Crippen LogP) is 4.45. The first-order valence-electron chi connectivity index (χ1n) is 11.5. The summed E-state index contributed by atoms with van der Waals surface area (Å²) in [5, 5.41) is 13.3. The lowest BCUT2D eigenvalue weighted by atomic mass is 9.76. The average Bonchev–Trinajstić information content (AvgIpc) is 2.88. The molecule has 0 atom stereocenters. The number of rotatable bonds is 12. The van der Waals surface area contributed by atoms with Crippen molar-refractivity contribution in [2.75, 3.05) is 34.0 Å². The summed E-state index contributed by atoms with van der Waals surface area (Å²) in [6.07, 6.45) is 0.0561. The number of carboxylic acid groups (broad SMARTS) is 1. The first-order valence-corrected chi connectivity index (χ1v) is 11.5. The van der Waals surface area contributed by atoms with Gasteiger partial charge in [-0.05, 0) is 59.7 Å². The van der Waals surface area contributed by atoms with E-state index in [4.69, 9.17) is 23.8 Å². The van der Waals surface area contributed by atoms with Crippen LogP contribution in [0.2, 0.25) is 0 Å². The molecule has 0 radical (unpaired) electrons. The van der Waals surface area contributed by atoms with Crippen molar-refractivity contribution in [1.82, 2.24) is 0 Å². The topological polar surface area (TPSA) is 95.8 Å². The molecule has 0 aliphatic carbocycles. The van der Waals surface area contributed by atoms with Crippen molar-refractivity contribution in [3.05, 3.63) is 89.5 Å². The fraction of sp³-hybridized carbons (Fsp3) is 0.286. The minimum Gasteiger partial charge on any atom is -0.497 e. The minimum absolute atomic E-state index is 0.0561. The van der Waals surface area contributed by atoms with Gasteiger partial charge in [-0.1, -0.05) is 29.4 Å². The van der Waals surface area contributed by atoms with Crippen LogP contribution in [-0.4, -0.2) is 50.8 Å². The van der Waals surface area contributed by atoms with Crippen molar-refractivity contribution in [3.63, 3.8) is 0 Å². The highest BCUT2D eigenvalue weighted by atomic mass is 16.6. The molecule has 3 aromatic carbocycles. The Hall–Kier alpha value is -4.04. The van der Waals surface area contributed by atoms with E-state index in [2.05, 4.69) is 5.16 Å². The first-order chi connectivity index (χ1) is 17.5.